The highest BCUT2D eigenvalue weighted by Crippen LogP contribution is 2.34. The highest BCUT2D eigenvalue weighted by molar-refractivity contribution is 8.18. The van der Waals surface area contributed by atoms with E-state index < -0.39 is 11.6 Å². The summed E-state index contributed by atoms with van der Waals surface area (Å²) in [5.74, 6) is -1.76. The maximum Gasteiger partial charge on any atom is 0.266 e. The van der Waals surface area contributed by atoms with Crippen molar-refractivity contribution in [2.24, 2.45) is 4.99 Å². The molecular weight excluding hydrogens is 334 g/mol. The number of phenolic OH excluding ortho intramolecular Hbond substituents is 1. The second-order valence-corrected chi connectivity index (χ2v) is 6.03. The first-order valence-corrected chi connectivity index (χ1v) is 7.76. The molecule has 0 unspecified atom stereocenters. The minimum absolute atomic E-state index is 0.0519. The molecule has 0 saturated carbocycles. The van der Waals surface area contributed by atoms with Gasteiger partial charge in [-0.25, -0.2) is 13.8 Å². The summed E-state index contributed by atoms with van der Waals surface area (Å²) in [7, 11) is 1.52. The van der Waals surface area contributed by atoms with Gasteiger partial charge in [0, 0.05) is 18.7 Å². The van der Waals surface area contributed by atoms with Gasteiger partial charge in [-0.15, -0.1) is 0 Å². The average molecular weight is 346 g/mol. The number of nitrogens with zero attached hydrogens (tertiary/aromatic N) is 2. The molecule has 0 aliphatic carbocycles. The first-order chi connectivity index (χ1) is 11.5. The molecule has 1 aliphatic rings. The van der Waals surface area contributed by atoms with Crippen LogP contribution in [0.4, 0.5) is 14.5 Å². The third-order valence-corrected chi connectivity index (χ3v) is 4.41. The van der Waals surface area contributed by atoms with Crippen LogP contribution >= 0.6 is 11.8 Å². The van der Waals surface area contributed by atoms with Crippen LogP contribution in [0.15, 0.2) is 52.4 Å². The summed E-state index contributed by atoms with van der Waals surface area (Å²) in [4.78, 5) is 18.0. The fourth-order valence-corrected chi connectivity index (χ4v) is 3.05. The monoisotopic (exact) mass is 346 g/mol. The van der Waals surface area contributed by atoms with Crippen molar-refractivity contribution in [3.63, 3.8) is 0 Å². The third-order valence-electron chi connectivity index (χ3n) is 3.35. The van der Waals surface area contributed by atoms with Crippen molar-refractivity contribution in [1.29, 1.82) is 0 Å². The van der Waals surface area contributed by atoms with Crippen LogP contribution in [0.5, 0.6) is 5.75 Å². The fourth-order valence-electron chi connectivity index (χ4n) is 2.08. The molecule has 1 heterocycles. The predicted molar refractivity (Wildman–Crippen MR) is 89.9 cm³/mol. The Bertz CT molecular complexity index is 881. The molecule has 2 aromatic carbocycles. The Labute approximate surface area is 141 Å². The number of phenols is 1. The number of aliphatic imine (C=N–C) groups is 1. The van der Waals surface area contributed by atoms with Crippen molar-refractivity contribution in [2.75, 3.05) is 7.05 Å². The van der Waals surface area contributed by atoms with Crippen molar-refractivity contribution < 1.29 is 18.7 Å². The summed E-state index contributed by atoms with van der Waals surface area (Å²) in [6.07, 6.45) is 1.54. The Kier molecular flexibility index (Phi) is 4.35. The second kappa shape index (κ2) is 6.45. The molecular formula is C17H12F2N2O2S. The SMILES string of the molecule is CN1C(=O)/C(=C/c2ccccc2O)SC1=Nc1ccc(F)cc1F. The van der Waals surface area contributed by atoms with Crippen molar-refractivity contribution in [2.45, 2.75) is 0 Å². The topological polar surface area (TPSA) is 52.9 Å². The van der Waals surface area contributed by atoms with Crippen LogP contribution in [0.1, 0.15) is 5.56 Å². The number of amidine groups is 1. The number of benzene rings is 2. The number of thioether (sulfide) groups is 1. The van der Waals surface area contributed by atoms with Crippen LogP contribution in [0.3, 0.4) is 0 Å². The standard InChI is InChI=1S/C17H12F2N2O2S/c1-21-16(23)15(8-10-4-2-3-5-14(10)22)24-17(21)20-13-7-6-11(18)9-12(13)19/h2-9,22H,1H3/b15-8-,20-17?. The zero-order valence-corrected chi connectivity index (χ0v) is 13.3. The van der Waals surface area contributed by atoms with E-state index in [1.807, 2.05) is 0 Å². The first kappa shape index (κ1) is 16.2. The maximum absolute atomic E-state index is 13.7. The maximum atomic E-state index is 13.7. The van der Waals surface area contributed by atoms with Crippen molar-refractivity contribution >= 4 is 34.6 Å². The normalized spacial score (nSPS) is 18.0. The molecule has 1 saturated heterocycles. The van der Waals surface area contributed by atoms with Gasteiger partial charge < -0.3 is 5.11 Å². The van der Waals surface area contributed by atoms with Crippen LogP contribution in [0.2, 0.25) is 0 Å². The summed E-state index contributed by atoms with van der Waals surface area (Å²) in [6, 6.07) is 9.65. The number of hydrogen-bond donors (Lipinski definition) is 1. The molecule has 1 N–H and O–H groups in total. The molecule has 4 nitrogen and oxygen atoms in total. The number of carbonyl (C=O) groups excluding carboxylic acids is 1. The minimum Gasteiger partial charge on any atom is -0.507 e. The van der Waals surface area contributed by atoms with Gasteiger partial charge in [-0.3, -0.25) is 9.69 Å². The Morgan fingerprint density at radius 2 is 1.96 bits per heavy atom. The number of amides is 1. The Morgan fingerprint density at radius 1 is 1.21 bits per heavy atom. The highest BCUT2D eigenvalue weighted by Gasteiger charge is 2.30. The van der Waals surface area contributed by atoms with E-state index in [2.05, 4.69) is 4.99 Å². The highest BCUT2D eigenvalue weighted by atomic mass is 32.2. The molecule has 0 spiro atoms. The van der Waals surface area contributed by atoms with Gasteiger partial charge in [0.2, 0.25) is 0 Å². The van der Waals surface area contributed by atoms with E-state index in [1.165, 1.54) is 24.1 Å². The molecule has 7 heteroatoms. The smallest absolute Gasteiger partial charge is 0.266 e. The van der Waals surface area contributed by atoms with Gasteiger partial charge in [0.1, 0.15) is 17.3 Å². The van der Waals surface area contributed by atoms with Gasteiger partial charge in [-0.05, 0) is 36.0 Å². The molecule has 0 aromatic heterocycles. The van der Waals surface area contributed by atoms with Gasteiger partial charge in [0.15, 0.2) is 11.0 Å². The van der Waals surface area contributed by atoms with Crippen LogP contribution in [-0.4, -0.2) is 28.1 Å². The molecule has 0 radical (unpaired) electrons. The number of likely N-dealkylation sites (N-methyl/N-ethyl adjacent to an activating group) is 1. The molecule has 3 rings (SSSR count). The van der Waals surface area contributed by atoms with Gasteiger partial charge in [0.05, 0.1) is 4.91 Å². The average Bonchev–Trinajstić information content (AvgIpc) is 2.80. The van der Waals surface area contributed by atoms with Crippen LogP contribution in [-0.2, 0) is 4.79 Å². The van der Waals surface area contributed by atoms with Crippen molar-refractivity contribution in [1.82, 2.24) is 4.90 Å². The molecule has 1 fully saturated rings. The van der Waals surface area contributed by atoms with Crippen molar-refractivity contribution in [3.05, 3.63) is 64.6 Å². The van der Waals surface area contributed by atoms with Crippen molar-refractivity contribution in [3.8, 4) is 5.75 Å². The van der Waals surface area contributed by atoms with E-state index >= 15 is 0 Å². The lowest BCUT2D eigenvalue weighted by atomic mass is 10.2. The van der Waals surface area contributed by atoms with Gasteiger partial charge >= 0.3 is 0 Å². The Balaban J connectivity index is 1.94. The zero-order valence-electron chi connectivity index (χ0n) is 12.5. The zero-order chi connectivity index (χ0) is 17.3. The number of halogens is 2. The van der Waals surface area contributed by atoms with Gasteiger partial charge in [-0.2, -0.15) is 0 Å². The third kappa shape index (κ3) is 3.16. The Morgan fingerprint density at radius 3 is 2.67 bits per heavy atom. The van der Waals surface area contributed by atoms with Crippen LogP contribution in [0, 0.1) is 11.6 Å². The lowest BCUT2D eigenvalue weighted by Crippen LogP contribution is -2.23. The fraction of sp³-hybridized carbons (Fsp3) is 0.0588. The van der Waals surface area contributed by atoms with Crippen LogP contribution < -0.4 is 0 Å². The van der Waals surface area contributed by atoms with Gasteiger partial charge in [0.25, 0.3) is 5.91 Å². The Hall–Kier alpha value is -2.67. The number of aromatic hydroxyl groups is 1. The van der Waals surface area contributed by atoms with E-state index in [-0.39, 0.29) is 22.5 Å². The lowest BCUT2D eigenvalue weighted by molar-refractivity contribution is -0.121. The van der Waals surface area contributed by atoms with Gasteiger partial charge in [-0.1, -0.05) is 18.2 Å². The van der Waals surface area contributed by atoms with Crippen LogP contribution in [0.25, 0.3) is 6.08 Å². The number of para-hydroxylation sites is 1. The summed E-state index contributed by atoms with van der Waals surface area (Å²) >= 11 is 1.05. The first-order valence-electron chi connectivity index (χ1n) is 6.95. The predicted octanol–water partition coefficient (Wildman–Crippen LogP) is 3.90. The van der Waals surface area contributed by atoms with E-state index in [0.29, 0.717) is 10.5 Å². The molecule has 0 bridgehead atoms. The quantitative estimate of drug-likeness (QED) is 0.839. The summed E-state index contributed by atoms with van der Waals surface area (Å²) in [5, 5.41) is 10.1. The molecule has 1 aliphatic heterocycles. The largest absolute Gasteiger partial charge is 0.507 e. The second-order valence-electron chi connectivity index (χ2n) is 5.02. The lowest BCUT2D eigenvalue weighted by Gasteiger charge is -2.07. The van der Waals surface area contributed by atoms with E-state index in [1.54, 1.807) is 24.3 Å². The minimum atomic E-state index is -0.804. The molecule has 24 heavy (non-hydrogen) atoms. The number of carbonyl (C=O) groups is 1. The molecule has 122 valence electrons. The number of hydrogen-bond acceptors (Lipinski definition) is 4. The van der Waals surface area contributed by atoms with E-state index in [4.69, 9.17) is 0 Å². The summed E-state index contributed by atoms with van der Waals surface area (Å²) in [6.45, 7) is 0. The van der Waals surface area contributed by atoms with E-state index in [9.17, 15) is 18.7 Å². The summed E-state index contributed by atoms with van der Waals surface area (Å²) < 4.78 is 26.7. The molecule has 2 aromatic rings. The number of rotatable bonds is 2. The summed E-state index contributed by atoms with van der Waals surface area (Å²) in [5.41, 5.74) is 0.443. The molecule has 0 atom stereocenters. The molecule has 1 amide bonds. The van der Waals surface area contributed by atoms with E-state index in [0.717, 1.165) is 23.9 Å².